The molecule has 18 heavy (non-hydrogen) atoms. The van der Waals surface area contributed by atoms with Gasteiger partial charge in [0.1, 0.15) is 0 Å². The molecule has 2 rings (SSSR count). The predicted molar refractivity (Wildman–Crippen MR) is 71.4 cm³/mol. The average molecular weight is 249 g/mol. The maximum atomic E-state index is 10.4. The molecule has 0 aliphatic heterocycles. The zero-order valence-corrected chi connectivity index (χ0v) is 11.4. The van der Waals surface area contributed by atoms with Crippen LogP contribution in [0.15, 0.2) is 18.3 Å². The number of aromatic nitrogens is 1. The quantitative estimate of drug-likeness (QED) is 0.845. The van der Waals surface area contributed by atoms with Crippen LogP contribution in [0.3, 0.4) is 0 Å². The van der Waals surface area contributed by atoms with Gasteiger partial charge < -0.3 is 10.2 Å². The molecule has 0 spiro atoms. The number of aryl methyl sites for hydroxylation is 1. The number of pyridine rings is 1. The lowest BCUT2D eigenvalue weighted by Crippen LogP contribution is -2.42. The smallest absolute Gasteiger partial charge is 0.0887 e. The van der Waals surface area contributed by atoms with E-state index in [1.54, 1.807) is 6.20 Å². The molecule has 0 fully saturated rings. The van der Waals surface area contributed by atoms with Gasteiger partial charge in [0.25, 0.3) is 0 Å². The van der Waals surface area contributed by atoms with Crippen LogP contribution in [0.5, 0.6) is 0 Å². The Bertz CT molecular complexity index is 411. The summed E-state index contributed by atoms with van der Waals surface area (Å²) in [7, 11) is 0. The van der Waals surface area contributed by atoms with Crippen LogP contribution in [0.25, 0.3) is 0 Å². The summed E-state index contributed by atoms with van der Waals surface area (Å²) >= 11 is 0. The summed E-state index contributed by atoms with van der Waals surface area (Å²) in [6.07, 6.45) is 3.29. The van der Waals surface area contributed by atoms with E-state index in [4.69, 9.17) is 0 Å². The van der Waals surface area contributed by atoms with Crippen LogP contribution in [0, 0.1) is 5.41 Å². The van der Waals surface area contributed by atoms with E-state index >= 15 is 0 Å². The Balaban J connectivity index is 2.25. The van der Waals surface area contributed by atoms with Crippen molar-refractivity contribution in [1.82, 2.24) is 4.98 Å². The van der Waals surface area contributed by atoms with Gasteiger partial charge in [0.2, 0.25) is 0 Å². The van der Waals surface area contributed by atoms with Crippen molar-refractivity contribution in [2.75, 3.05) is 0 Å². The molecule has 0 bridgehead atoms. The van der Waals surface area contributed by atoms with Gasteiger partial charge in [0.15, 0.2) is 0 Å². The Morgan fingerprint density at radius 2 is 2.06 bits per heavy atom. The van der Waals surface area contributed by atoms with Crippen molar-refractivity contribution < 1.29 is 10.2 Å². The molecule has 0 saturated carbocycles. The summed E-state index contributed by atoms with van der Waals surface area (Å²) in [5.74, 6) is -0.0378. The molecule has 0 saturated heterocycles. The van der Waals surface area contributed by atoms with Crippen LogP contribution in [-0.2, 0) is 6.42 Å². The molecule has 3 heteroatoms. The number of fused-ring (bicyclic) bond motifs is 1. The van der Waals surface area contributed by atoms with Crippen LogP contribution in [0.4, 0.5) is 0 Å². The van der Waals surface area contributed by atoms with Gasteiger partial charge in [-0.05, 0) is 36.3 Å². The Labute approximate surface area is 109 Å². The summed E-state index contributed by atoms with van der Waals surface area (Å²) in [6, 6.07) is 4.01. The van der Waals surface area contributed by atoms with Crippen molar-refractivity contribution >= 4 is 0 Å². The zero-order chi connectivity index (χ0) is 13.3. The molecule has 2 N–H and O–H groups in total. The molecule has 3 atom stereocenters. The summed E-state index contributed by atoms with van der Waals surface area (Å²) in [5.41, 5.74) is 1.87. The first-order chi connectivity index (χ1) is 8.41. The van der Waals surface area contributed by atoms with Crippen molar-refractivity contribution in [2.24, 2.45) is 5.41 Å². The molecule has 3 unspecified atom stereocenters. The molecule has 0 radical (unpaired) electrons. The average Bonchev–Trinajstić information content (AvgIpc) is 2.35. The molecule has 1 aliphatic carbocycles. The summed E-state index contributed by atoms with van der Waals surface area (Å²) in [5, 5.41) is 20.7. The Hall–Kier alpha value is -0.930. The van der Waals surface area contributed by atoms with Crippen LogP contribution < -0.4 is 0 Å². The second kappa shape index (κ2) is 4.98. The third kappa shape index (κ3) is 2.57. The van der Waals surface area contributed by atoms with Gasteiger partial charge >= 0.3 is 0 Å². The van der Waals surface area contributed by atoms with Gasteiger partial charge in [-0.25, -0.2) is 0 Å². The van der Waals surface area contributed by atoms with E-state index in [2.05, 4.69) is 11.1 Å². The number of hydrogen-bond acceptors (Lipinski definition) is 3. The lowest BCUT2D eigenvalue weighted by atomic mass is 9.76. The van der Waals surface area contributed by atoms with Gasteiger partial charge in [0, 0.05) is 17.8 Å². The largest absolute Gasteiger partial charge is 0.390 e. The van der Waals surface area contributed by atoms with Gasteiger partial charge in [-0.3, -0.25) is 4.98 Å². The van der Waals surface area contributed by atoms with E-state index in [1.807, 2.05) is 26.8 Å². The van der Waals surface area contributed by atoms with Gasteiger partial charge in [-0.1, -0.05) is 26.8 Å². The number of hydrogen-bond donors (Lipinski definition) is 2. The molecule has 1 aromatic rings. The Kier molecular flexibility index (Phi) is 3.74. The van der Waals surface area contributed by atoms with Gasteiger partial charge in [-0.15, -0.1) is 0 Å². The van der Waals surface area contributed by atoms with E-state index < -0.39 is 12.2 Å². The summed E-state index contributed by atoms with van der Waals surface area (Å²) < 4.78 is 0. The van der Waals surface area contributed by atoms with Crippen molar-refractivity contribution in [3.05, 3.63) is 29.6 Å². The second-order valence-corrected chi connectivity index (χ2v) is 6.35. The fourth-order valence-corrected chi connectivity index (χ4v) is 2.71. The molecule has 0 aromatic carbocycles. The molecular formula is C15H23NO2. The first kappa shape index (κ1) is 13.5. The molecule has 3 nitrogen and oxygen atoms in total. The van der Waals surface area contributed by atoms with E-state index in [0.29, 0.717) is 0 Å². The maximum absolute atomic E-state index is 10.4. The van der Waals surface area contributed by atoms with Crippen LogP contribution >= 0.6 is 0 Å². The Morgan fingerprint density at radius 1 is 1.33 bits per heavy atom. The normalized spacial score (nSPS) is 23.3. The summed E-state index contributed by atoms with van der Waals surface area (Å²) in [6.45, 7) is 5.84. The van der Waals surface area contributed by atoms with Crippen molar-refractivity contribution in [1.29, 1.82) is 0 Å². The van der Waals surface area contributed by atoms with Crippen molar-refractivity contribution in [2.45, 2.75) is 58.2 Å². The van der Waals surface area contributed by atoms with E-state index in [1.165, 1.54) is 5.56 Å². The lowest BCUT2D eigenvalue weighted by molar-refractivity contribution is -0.0588. The molecule has 100 valence electrons. The second-order valence-electron chi connectivity index (χ2n) is 6.35. The lowest BCUT2D eigenvalue weighted by Gasteiger charge is -2.36. The third-order valence-corrected chi connectivity index (χ3v) is 3.86. The first-order valence-corrected chi connectivity index (χ1v) is 6.71. The minimum absolute atomic E-state index is 0.0378. The molecule has 0 amide bonds. The van der Waals surface area contributed by atoms with Crippen molar-refractivity contribution in [3.8, 4) is 0 Å². The highest BCUT2D eigenvalue weighted by Gasteiger charge is 2.37. The van der Waals surface area contributed by atoms with Crippen LogP contribution in [0.2, 0.25) is 0 Å². The topological polar surface area (TPSA) is 53.4 Å². The highest BCUT2D eigenvalue weighted by atomic mass is 16.3. The third-order valence-electron chi connectivity index (χ3n) is 3.86. The van der Waals surface area contributed by atoms with Crippen LogP contribution in [-0.4, -0.2) is 27.4 Å². The molecule has 1 heterocycles. The van der Waals surface area contributed by atoms with E-state index in [0.717, 1.165) is 25.0 Å². The fourth-order valence-electron chi connectivity index (χ4n) is 2.71. The molecule has 1 aromatic heterocycles. The number of rotatable bonds is 2. The summed E-state index contributed by atoms with van der Waals surface area (Å²) in [4.78, 5) is 4.42. The first-order valence-electron chi connectivity index (χ1n) is 6.71. The Morgan fingerprint density at radius 3 is 2.72 bits per heavy atom. The highest BCUT2D eigenvalue weighted by molar-refractivity contribution is 5.27. The number of aliphatic hydroxyl groups is 2. The minimum Gasteiger partial charge on any atom is -0.390 e. The minimum atomic E-state index is -0.737. The fraction of sp³-hybridized carbons (Fsp3) is 0.667. The van der Waals surface area contributed by atoms with E-state index in [9.17, 15) is 10.2 Å². The SMILES string of the molecule is CC(C)(C)C(O)C(O)C1CCCc2cccnc21. The number of aliphatic hydroxyl groups excluding tert-OH is 2. The zero-order valence-electron chi connectivity index (χ0n) is 11.4. The molecule has 1 aliphatic rings. The van der Waals surface area contributed by atoms with Gasteiger partial charge in [0.05, 0.1) is 12.2 Å². The maximum Gasteiger partial charge on any atom is 0.0887 e. The van der Waals surface area contributed by atoms with Gasteiger partial charge in [-0.2, -0.15) is 0 Å². The standard InChI is InChI=1S/C15H23NO2/c1-15(2,3)14(18)13(17)11-8-4-6-10-7-5-9-16-12(10)11/h5,7,9,11,13-14,17-18H,4,6,8H2,1-3H3. The highest BCUT2D eigenvalue weighted by Crippen LogP contribution is 2.36. The van der Waals surface area contributed by atoms with Crippen LogP contribution in [0.1, 0.15) is 50.8 Å². The monoisotopic (exact) mass is 249 g/mol. The predicted octanol–water partition coefficient (Wildman–Crippen LogP) is 2.27. The molecular weight excluding hydrogens is 226 g/mol. The van der Waals surface area contributed by atoms with E-state index in [-0.39, 0.29) is 11.3 Å². The van der Waals surface area contributed by atoms with Crippen molar-refractivity contribution in [3.63, 3.8) is 0 Å². The number of nitrogens with zero attached hydrogens (tertiary/aromatic N) is 1.